The predicted octanol–water partition coefficient (Wildman–Crippen LogP) is 4.23. The Balaban J connectivity index is 1.91. The van der Waals surface area contributed by atoms with E-state index in [1.165, 1.54) is 0 Å². The molecule has 1 heterocycles. The van der Waals surface area contributed by atoms with Gasteiger partial charge in [-0.25, -0.2) is 8.42 Å². The third-order valence-electron chi connectivity index (χ3n) is 5.13. The van der Waals surface area contributed by atoms with Crippen molar-refractivity contribution < 1.29 is 17.9 Å². The quantitative estimate of drug-likeness (QED) is 0.483. The van der Waals surface area contributed by atoms with E-state index in [1.54, 1.807) is 54.0 Å². The van der Waals surface area contributed by atoms with Crippen molar-refractivity contribution in [1.82, 2.24) is 4.57 Å². The monoisotopic (exact) mass is 491 g/mol. The van der Waals surface area contributed by atoms with Crippen LogP contribution in [-0.2, 0) is 14.8 Å². The van der Waals surface area contributed by atoms with Gasteiger partial charge in [-0.1, -0.05) is 18.3 Å². The predicted molar refractivity (Wildman–Crippen MR) is 134 cm³/mol. The molecule has 1 unspecified atom stereocenters. The number of sulfonamides is 1. The number of anilines is 2. The van der Waals surface area contributed by atoms with Crippen molar-refractivity contribution in [2.24, 2.45) is 0 Å². The summed E-state index contributed by atoms with van der Waals surface area (Å²) in [4.78, 5) is 25.4. The van der Waals surface area contributed by atoms with Gasteiger partial charge in [-0.2, -0.15) is 0 Å². The maximum atomic E-state index is 13.2. The number of amides is 1. The Hall–Kier alpha value is -2.85. The molecule has 3 aromatic rings. The van der Waals surface area contributed by atoms with E-state index >= 15 is 0 Å². The van der Waals surface area contributed by atoms with E-state index in [0.717, 1.165) is 32.1 Å². The molecule has 10 heteroatoms. The van der Waals surface area contributed by atoms with Crippen LogP contribution in [0.1, 0.15) is 40.2 Å². The Labute approximate surface area is 197 Å². The van der Waals surface area contributed by atoms with Gasteiger partial charge in [0.1, 0.15) is 11.8 Å². The zero-order valence-electron chi connectivity index (χ0n) is 19.4. The van der Waals surface area contributed by atoms with Crippen LogP contribution in [0.4, 0.5) is 11.4 Å². The van der Waals surface area contributed by atoms with Crippen LogP contribution in [0.3, 0.4) is 0 Å². The first-order chi connectivity index (χ1) is 15.6. The van der Waals surface area contributed by atoms with Crippen molar-refractivity contribution in [2.45, 2.75) is 46.2 Å². The number of rotatable bonds is 9. The number of carbonyl (C=O) groups excluding carboxylic acids is 1. The van der Waals surface area contributed by atoms with Crippen molar-refractivity contribution in [3.63, 3.8) is 0 Å². The Morgan fingerprint density at radius 1 is 1.15 bits per heavy atom. The van der Waals surface area contributed by atoms with Crippen LogP contribution in [0.25, 0.3) is 10.2 Å². The van der Waals surface area contributed by atoms with Crippen LogP contribution in [-0.4, -0.2) is 37.8 Å². The second-order valence-electron chi connectivity index (χ2n) is 7.91. The third-order valence-corrected chi connectivity index (χ3v) is 7.23. The van der Waals surface area contributed by atoms with Crippen molar-refractivity contribution in [3.8, 4) is 5.75 Å². The van der Waals surface area contributed by atoms with Gasteiger partial charge in [0.25, 0.3) is 0 Å². The SMILES string of the molecule is CCOc1ccc(N(C(CC)C(=O)Nc2ccc3c(c2)sc(=O)n3C(C)C)S(C)(=O)=O)cc1. The lowest BCUT2D eigenvalue weighted by Crippen LogP contribution is -2.46. The fourth-order valence-corrected chi connectivity index (χ4v) is 6.01. The molecule has 3 rings (SSSR count). The molecule has 0 aliphatic carbocycles. The lowest BCUT2D eigenvalue weighted by molar-refractivity contribution is -0.117. The molecule has 33 heavy (non-hydrogen) atoms. The second-order valence-corrected chi connectivity index (χ2v) is 10.8. The molecule has 0 radical (unpaired) electrons. The van der Waals surface area contributed by atoms with E-state index in [1.807, 2.05) is 20.8 Å². The molecule has 1 aromatic heterocycles. The van der Waals surface area contributed by atoms with Gasteiger partial charge in [0.05, 0.1) is 28.8 Å². The van der Waals surface area contributed by atoms with Gasteiger partial charge in [0.2, 0.25) is 15.9 Å². The molecule has 0 fully saturated rings. The van der Waals surface area contributed by atoms with Crippen LogP contribution >= 0.6 is 11.3 Å². The van der Waals surface area contributed by atoms with Gasteiger partial charge >= 0.3 is 4.87 Å². The zero-order valence-corrected chi connectivity index (χ0v) is 21.0. The summed E-state index contributed by atoms with van der Waals surface area (Å²) in [6, 6.07) is 10.9. The lowest BCUT2D eigenvalue weighted by Gasteiger charge is -2.30. The van der Waals surface area contributed by atoms with Gasteiger partial charge in [-0.3, -0.25) is 18.5 Å². The first-order valence-electron chi connectivity index (χ1n) is 10.7. The van der Waals surface area contributed by atoms with E-state index in [9.17, 15) is 18.0 Å². The van der Waals surface area contributed by atoms with Crippen molar-refractivity contribution in [2.75, 3.05) is 22.5 Å². The van der Waals surface area contributed by atoms with Crippen LogP contribution in [0, 0.1) is 0 Å². The molecule has 8 nitrogen and oxygen atoms in total. The number of hydrogen-bond donors (Lipinski definition) is 1. The summed E-state index contributed by atoms with van der Waals surface area (Å²) >= 11 is 1.11. The fraction of sp³-hybridized carbons (Fsp3) is 0.391. The van der Waals surface area contributed by atoms with Crippen molar-refractivity contribution >= 4 is 48.9 Å². The van der Waals surface area contributed by atoms with Gasteiger partial charge in [-0.05, 0) is 69.7 Å². The van der Waals surface area contributed by atoms with Crippen molar-refractivity contribution in [1.29, 1.82) is 0 Å². The highest BCUT2D eigenvalue weighted by atomic mass is 32.2. The van der Waals surface area contributed by atoms with Crippen LogP contribution in [0.15, 0.2) is 47.3 Å². The van der Waals surface area contributed by atoms with Gasteiger partial charge < -0.3 is 10.1 Å². The van der Waals surface area contributed by atoms with Crippen LogP contribution < -0.4 is 19.2 Å². The summed E-state index contributed by atoms with van der Waals surface area (Å²) < 4.78 is 34.3. The summed E-state index contributed by atoms with van der Waals surface area (Å²) in [6.45, 7) is 8.00. The van der Waals surface area contributed by atoms with E-state index in [4.69, 9.17) is 4.74 Å². The second kappa shape index (κ2) is 9.96. The maximum absolute atomic E-state index is 13.2. The highest BCUT2D eigenvalue weighted by Crippen LogP contribution is 2.27. The fourth-order valence-electron chi connectivity index (χ4n) is 3.75. The molecule has 1 atom stereocenters. The van der Waals surface area contributed by atoms with Crippen LogP contribution in [0.2, 0.25) is 0 Å². The van der Waals surface area contributed by atoms with E-state index in [2.05, 4.69) is 5.32 Å². The zero-order chi connectivity index (χ0) is 24.3. The average molecular weight is 492 g/mol. The first kappa shape index (κ1) is 24.8. The minimum atomic E-state index is -3.75. The molecular weight excluding hydrogens is 462 g/mol. The molecule has 0 aliphatic heterocycles. The minimum absolute atomic E-state index is 0.0218. The molecule has 2 aromatic carbocycles. The molecule has 178 valence electrons. The number of benzene rings is 2. The topological polar surface area (TPSA) is 97.7 Å². The Kier molecular flexibility index (Phi) is 7.48. The molecule has 1 N–H and O–H groups in total. The Morgan fingerprint density at radius 3 is 2.36 bits per heavy atom. The van der Waals surface area contributed by atoms with Gasteiger partial charge in [0, 0.05) is 11.7 Å². The normalized spacial score (nSPS) is 12.7. The summed E-state index contributed by atoms with van der Waals surface area (Å²) in [6.07, 6.45) is 1.35. The minimum Gasteiger partial charge on any atom is -0.494 e. The number of nitrogens with one attached hydrogen (secondary N) is 1. The molecule has 0 bridgehead atoms. The van der Waals surface area contributed by atoms with E-state index in [0.29, 0.717) is 23.7 Å². The van der Waals surface area contributed by atoms with Crippen molar-refractivity contribution in [3.05, 3.63) is 52.1 Å². The van der Waals surface area contributed by atoms with Crippen LogP contribution in [0.5, 0.6) is 5.75 Å². The van der Waals surface area contributed by atoms with Gasteiger partial charge in [-0.15, -0.1) is 0 Å². The molecule has 1 amide bonds. The summed E-state index contributed by atoms with van der Waals surface area (Å²) in [5.41, 5.74) is 1.69. The molecular formula is C23H29N3O5S2. The number of carbonyl (C=O) groups is 1. The number of hydrogen-bond acceptors (Lipinski definition) is 6. The average Bonchev–Trinajstić information content (AvgIpc) is 3.07. The van der Waals surface area contributed by atoms with E-state index < -0.39 is 22.0 Å². The standard InChI is InChI=1S/C23H29N3O5S2/c1-6-19(26(33(5,29)30)17-9-11-18(12-10-17)31-7-2)22(27)24-16-8-13-20-21(14-16)32-23(28)25(20)15(3)4/h8-15,19H,6-7H2,1-5H3,(H,24,27). The summed E-state index contributed by atoms with van der Waals surface area (Å²) in [5, 5.41) is 2.82. The first-order valence-corrected chi connectivity index (χ1v) is 13.4. The highest BCUT2D eigenvalue weighted by Gasteiger charge is 2.31. The molecule has 0 saturated carbocycles. The number of aromatic nitrogens is 1. The smallest absolute Gasteiger partial charge is 0.308 e. The maximum Gasteiger partial charge on any atom is 0.308 e. The largest absolute Gasteiger partial charge is 0.494 e. The number of fused-ring (bicyclic) bond motifs is 1. The molecule has 0 saturated heterocycles. The molecule has 0 aliphatic rings. The highest BCUT2D eigenvalue weighted by molar-refractivity contribution is 7.92. The van der Waals surface area contributed by atoms with Gasteiger partial charge in [0.15, 0.2) is 0 Å². The summed E-state index contributed by atoms with van der Waals surface area (Å²) in [5.74, 6) is 0.166. The summed E-state index contributed by atoms with van der Waals surface area (Å²) in [7, 11) is -3.75. The van der Waals surface area contributed by atoms with E-state index in [-0.39, 0.29) is 17.3 Å². The lowest BCUT2D eigenvalue weighted by atomic mass is 10.1. The Morgan fingerprint density at radius 2 is 1.82 bits per heavy atom. The number of nitrogens with zero attached hydrogens (tertiary/aromatic N) is 2. The Bertz CT molecular complexity index is 1290. The number of thiazole rings is 1. The third kappa shape index (κ3) is 5.39. The molecule has 0 spiro atoms. The number of ether oxygens (including phenoxy) is 1.